The van der Waals surface area contributed by atoms with Crippen LogP contribution in [0.5, 0.6) is 0 Å². The number of carbonyl (C=O) groups is 1. The maximum absolute atomic E-state index is 14.4. The van der Waals surface area contributed by atoms with Crippen LogP contribution in [0.15, 0.2) is 53.8 Å². The monoisotopic (exact) mass is 517 g/mol. The van der Waals surface area contributed by atoms with Gasteiger partial charge in [0.15, 0.2) is 17.5 Å². The Morgan fingerprint density at radius 2 is 1.97 bits per heavy atom. The van der Waals surface area contributed by atoms with E-state index in [9.17, 15) is 17.6 Å². The van der Waals surface area contributed by atoms with Gasteiger partial charge >= 0.3 is 0 Å². The van der Waals surface area contributed by atoms with Crippen LogP contribution in [0.4, 0.5) is 10.2 Å². The van der Waals surface area contributed by atoms with Crippen LogP contribution >= 0.6 is 11.6 Å². The molecule has 0 aliphatic heterocycles. The average Bonchev–Trinajstić information content (AvgIpc) is 3.23. The molecule has 0 aliphatic carbocycles. The number of nitrogens with two attached hydrogens (primary N) is 1. The SMILES string of the molecule is C[C@H](Nc1nc(-c2c[nH]c3ncc(Cl)cc23)ncc1F)C(=O)NCCc1ccc(S(N)(=O)=O)cc1. The van der Waals surface area contributed by atoms with Crippen molar-refractivity contribution in [2.45, 2.75) is 24.3 Å². The van der Waals surface area contributed by atoms with Crippen molar-refractivity contribution in [3.8, 4) is 11.4 Å². The van der Waals surface area contributed by atoms with Gasteiger partial charge in [-0.25, -0.2) is 32.9 Å². The number of aromatic amines is 1. The minimum atomic E-state index is -3.76. The number of sulfonamides is 1. The molecule has 0 aliphatic rings. The fourth-order valence-electron chi connectivity index (χ4n) is 3.36. The number of amides is 1. The second-order valence-corrected chi connectivity index (χ2v) is 9.74. The average molecular weight is 518 g/mol. The summed E-state index contributed by atoms with van der Waals surface area (Å²) in [5, 5.41) is 11.7. The van der Waals surface area contributed by atoms with E-state index >= 15 is 0 Å². The van der Waals surface area contributed by atoms with Gasteiger partial charge in [-0.05, 0) is 37.1 Å². The summed E-state index contributed by atoms with van der Waals surface area (Å²) in [4.78, 5) is 28.0. The van der Waals surface area contributed by atoms with Gasteiger partial charge in [0, 0.05) is 29.9 Å². The lowest BCUT2D eigenvalue weighted by Crippen LogP contribution is -2.39. The molecule has 3 aromatic heterocycles. The van der Waals surface area contributed by atoms with Crippen LogP contribution in [0, 0.1) is 5.82 Å². The number of halogens is 2. The molecule has 10 nitrogen and oxygen atoms in total. The van der Waals surface area contributed by atoms with E-state index in [2.05, 4.69) is 30.6 Å². The molecule has 35 heavy (non-hydrogen) atoms. The predicted octanol–water partition coefficient (Wildman–Crippen LogP) is 2.62. The van der Waals surface area contributed by atoms with Gasteiger partial charge < -0.3 is 15.6 Å². The maximum atomic E-state index is 14.4. The van der Waals surface area contributed by atoms with Crippen molar-refractivity contribution in [2.75, 3.05) is 11.9 Å². The highest BCUT2D eigenvalue weighted by molar-refractivity contribution is 7.89. The predicted molar refractivity (Wildman–Crippen MR) is 130 cm³/mol. The molecule has 5 N–H and O–H groups in total. The zero-order valence-corrected chi connectivity index (χ0v) is 20.0. The third-order valence-electron chi connectivity index (χ3n) is 5.19. The first-order chi connectivity index (χ1) is 16.6. The molecule has 1 amide bonds. The Kier molecular flexibility index (Phi) is 6.96. The Balaban J connectivity index is 1.39. The molecular formula is C22H21ClFN7O3S. The minimum absolute atomic E-state index is 0.0151. The van der Waals surface area contributed by atoms with E-state index < -0.39 is 21.9 Å². The lowest BCUT2D eigenvalue weighted by Gasteiger charge is -2.15. The zero-order valence-electron chi connectivity index (χ0n) is 18.4. The summed E-state index contributed by atoms with van der Waals surface area (Å²) in [5.74, 6) is -0.964. The molecule has 182 valence electrons. The van der Waals surface area contributed by atoms with E-state index in [1.807, 2.05) is 0 Å². The van der Waals surface area contributed by atoms with E-state index in [1.54, 1.807) is 31.3 Å². The van der Waals surface area contributed by atoms with Crippen LogP contribution in [0.25, 0.3) is 22.4 Å². The summed E-state index contributed by atoms with van der Waals surface area (Å²) in [6, 6.07) is 6.97. The minimum Gasteiger partial charge on any atom is -0.356 e. The molecule has 3 heterocycles. The number of fused-ring (bicyclic) bond motifs is 1. The highest BCUT2D eigenvalue weighted by Gasteiger charge is 2.18. The number of rotatable bonds is 8. The Hall–Kier alpha value is -3.61. The maximum Gasteiger partial charge on any atom is 0.242 e. The second kappa shape index (κ2) is 9.94. The lowest BCUT2D eigenvalue weighted by molar-refractivity contribution is -0.121. The molecule has 0 radical (unpaired) electrons. The molecule has 0 fully saturated rings. The van der Waals surface area contributed by atoms with E-state index in [0.717, 1.165) is 11.8 Å². The highest BCUT2D eigenvalue weighted by atomic mass is 35.5. The number of primary sulfonamides is 1. The van der Waals surface area contributed by atoms with Crippen LogP contribution in [-0.4, -0.2) is 46.8 Å². The third-order valence-corrected chi connectivity index (χ3v) is 6.33. The molecule has 0 bridgehead atoms. The third kappa shape index (κ3) is 5.73. The molecule has 0 spiro atoms. The summed E-state index contributed by atoms with van der Waals surface area (Å²) >= 11 is 6.04. The van der Waals surface area contributed by atoms with Crippen molar-refractivity contribution in [3.05, 3.63) is 65.3 Å². The van der Waals surface area contributed by atoms with Crippen LogP contribution in [0.1, 0.15) is 12.5 Å². The number of carbonyl (C=O) groups excluding carboxylic acids is 1. The van der Waals surface area contributed by atoms with Crippen molar-refractivity contribution in [1.82, 2.24) is 25.3 Å². The molecule has 13 heteroatoms. The molecule has 1 atom stereocenters. The number of hydrogen-bond acceptors (Lipinski definition) is 7. The normalized spacial score (nSPS) is 12.5. The van der Waals surface area contributed by atoms with Gasteiger partial charge in [-0.3, -0.25) is 4.79 Å². The van der Waals surface area contributed by atoms with Crippen molar-refractivity contribution < 1.29 is 17.6 Å². The van der Waals surface area contributed by atoms with E-state index in [-0.39, 0.29) is 22.4 Å². The first-order valence-electron chi connectivity index (χ1n) is 10.4. The summed E-state index contributed by atoms with van der Waals surface area (Å²) < 4.78 is 37.0. The molecule has 0 saturated heterocycles. The van der Waals surface area contributed by atoms with Crippen LogP contribution in [0.2, 0.25) is 5.02 Å². The Bertz CT molecular complexity index is 1490. The van der Waals surface area contributed by atoms with Gasteiger partial charge in [-0.1, -0.05) is 23.7 Å². The van der Waals surface area contributed by atoms with Gasteiger partial charge in [-0.2, -0.15) is 0 Å². The smallest absolute Gasteiger partial charge is 0.242 e. The number of benzene rings is 1. The first kappa shape index (κ1) is 24.5. The van der Waals surface area contributed by atoms with Gasteiger partial charge in [0.05, 0.1) is 16.1 Å². The van der Waals surface area contributed by atoms with Crippen molar-refractivity contribution in [2.24, 2.45) is 5.14 Å². The van der Waals surface area contributed by atoms with Crippen LogP contribution < -0.4 is 15.8 Å². The largest absolute Gasteiger partial charge is 0.356 e. The number of anilines is 1. The molecule has 4 rings (SSSR count). The number of pyridine rings is 1. The van der Waals surface area contributed by atoms with E-state index in [1.165, 1.54) is 18.3 Å². The summed E-state index contributed by atoms with van der Waals surface area (Å²) in [6.07, 6.45) is 4.64. The molecule has 4 aromatic rings. The van der Waals surface area contributed by atoms with Gasteiger partial charge in [0.2, 0.25) is 15.9 Å². The lowest BCUT2D eigenvalue weighted by atomic mass is 10.1. The van der Waals surface area contributed by atoms with Gasteiger partial charge in [0.25, 0.3) is 0 Å². The first-order valence-corrected chi connectivity index (χ1v) is 12.4. The van der Waals surface area contributed by atoms with Gasteiger partial charge in [0.1, 0.15) is 11.7 Å². The van der Waals surface area contributed by atoms with Crippen molar-refractivity contribution >= 4 is 44.4 Å². The van der Waals surface area contributed by atoms with E-state index in [4.69, 9.17) is 16.7 Å². The molecule has 1 aromatic carbocycles. The van der Waals surface area contributed by atoms with Crippen LogP contribution in [0.3, 0.4) is 0 Å². The number of nitrogens with zero attached hydrogens (tertiary/aromatic N) is 3. The number of nitrogens with one attached hydrogen (secondary N) is 3. The summed E-state index contributed by atoms with van der Waals surface area (Å²) in [5.41, 5.74) is 1.99. The molecule has 0 unspecified atom stereocenters. The number of aromatic nitrogens is 4. The fraction of sp³-hybridized carbons (Fsp3) is 0.182. The van der Waals surface area contributed by atoms with Gasteiger partial charge in [-0.15, -0.1) is 0 Å². The quantitative estimate of drug-likeness (QED) is 0.280. The standard InChI is InChI=1S/C22H21ClFN7O3S/c1-12(22(32)26-7-6-13-2-4-15(5-3-13)35(25,33)34)30-21-18(24)11-29-20(31-21)17-10-28-19-16(17)8-14(23)9-27-19/h2-5,8-12H,6-7H2,1H3,(H,26,32)(H,27,28)(H2,25,33,34)(H,29,30,31)/t12-/m0/s1. The summed E-state index contributed by atoms with van der Waals surface area (Å²) in [6.45, 7) is 1.87. The zero-order chi connectivity index (χ0) is 25.2. The number of H-pyrrole nitrogens is 1. The summed E-state index contributed by atoms with van der Waals surface area (Å²) in [7, 11) is -3.76. The van der Waals surface area contributed by atoms with Crippen molar-refractivity contribution in [1.29, 1.82) is 0 Å². The Labute approximate surface area is 205 Å². The topological polar surface area (TPSA) is 156 Å². The molecular weight excluding hydrogens is 497 g/mol. The molecule has 0 saturated carbocycles. The fourth-order valence-corrected chi connectivity index (χ4v) is 4.03. The van der Waals surface area contributed by atoms with Crippen molar-refractivity contribution in [3.63, 3.8) is 0 Å². The second-order valence-electron chi connectivity index (χ2n) is 7.74. The Morgan fingerprint density at radius 1 is 1.23 bits per heavy atom. The van der Waals surface area contributed by atoms with E-state index in [0.29, 0.717) is 34.6 Å². The highest BCUT2D eigenvalue weighted by Crippen LogP contribution is 2.28. The number of hydrogen-bond donors (Lipinski definition) is 4. The van der Waals surface area contributed by atoms with Crippen LogP contribution in [-0.2, 0) is 21.2 Å². The Morgan fingerprint density at radius 3 is 2.69 bits per heavy atom.